The maximum Gasteiger partial charge on any atom is 0.00389 e. The third kappa shape index (κ3) is 4.43. The molecule has 0 aromatic rings. The third-order valence-corrected chi connectivity index (χ3v) is 3.15. The van der Waals surface area contributed by atoms with E-state index in [-0.39, 0.29) is 0 Å². The lowest BCUT2D eigenvalue weighted by Gasteiger charge is -2.33. The molecule has 1 N–H and O–H groups in total. The molecule has 2 aliphatic heterocycles. The lowest BCUT2D eigenvalue weighted by Crippen LogP contribution is -2.41. The van der Waals surface area contributed by atoms with Crippen molar-refractivity contribution >= 4 is 0 Å². The zero-order valence-electron chi connectivity index (χ0n) is 10.2. The van der Waals surface area contributed by atoms with Gasteiger partial charge in [0.2, 0.25) is 0 Å². The Labute approximate surface area is 89.1 Å². The van der Waals surface area contributed by atoms with E-state index in [0.29, 0.717) is 0 Å². The Morgan fingerprint density at radius 1 is 1.00 bits per heavy atom. The fourth-order valence-corrected chi connectivity index (χ4v) is 2.15. The van der Waals surface area contributed by atoms with E-state index in [0.717, 1.165) is 17.9 Å². The van der Waals surface area contributed by atoms with Crippen LogP contribution in [0, 0.1) is 11.8 Å². The van der Waals surface area contributed by atoms with E-state index >= 15 is 0 Å². The molecule has 84 valence electrons. The van der Waals surface area contributed by atoms with Crippen LogP contribution < -0.4 is 5.32 Å². The largest absolute Gasteiger partial charge is 0.314 e. The summed E-state index contributed by atoms with van der Waals surface area (Å²) in [6.45, 7) is 10.7. The van der Waals surface area contributed by atoms with E-state index in [9.17, 15) is 0 Å². The Bertz CT molecular complexity index is 128. The summed E-state index contributed by atoms with van der Waals surface area (Å²) in [5.74, 6) is 1.88. The van der Waals surface area contributed by atoms with Gasteiger partial charge in [-0.05, 0) is 45.2 Å². The van der Waals surface area contributed by atoms with Gasteiger partial charge >= 0.3 is 0 Å². The van der Waals surface area contributed by atoms with Crippen LogP contribution in [0.2, 0.25) is 0 Å². The number of hydrogen-bond donors (Lipinski definition) is 1. The van der Waals surface area contributed by atoms with Crippen molar-refractivity contribution < 1.29 is 0 Å². The van der Waals surface area contributed by atoms with Crippen molar-refractivity contribution in [1.82, 2.24) is 10.2 Å². The molecular weight excluding hydrogens is 172 g/mol. The first kappa shape index (κ1) is 12.0. The molecule has 14 heavy (non-hydrogen) atoms. The van der Waals surface area contributed by atoms with Gasteiger partial charge in [0.1, 0.15) is 0 Å². The van der Waals surface area contributed by atoms with Crippen LogP contribution >= 0.6 is 0 Å². The highest BCUT2D eigenvalue weighted by Gasteiger charge is 2.16. The summed E-state index contributed by atoms with van der Waals surface area (Å²) < 4.78 is 0. The fraction of sp³-hybridized carbons (Fsp3) is 1.00. The molecule has 0 radical (unpaired) electrons. The molecule has 2 heteroatoms. The van der Waals surface area contributed by atoms with Crippen molar-refractivity contribution in [2.45, 2.75) is 39.7 Å². The first-order valence-electron chi connectivity index (χ1n) is 6.00. The molecule has 2 heterocycles. The van der Waals surface area contributed by atoms with Crippen LogP contribution in [0.15, 0.2) is 0 Å². The van der Waals surface area contributed by atoms with Gasteiger partial charge in [0, 0.05) is 19.1 Å². The molecule has 2 atom stereocenters. The van der Waals surface area contributed by atoms with E-state index < -0.39 is 0 Å². The number of nitrogens with one attached hydrogen (secondary N) is 1. The number of likely N-dealkylation sites (tertiary alicyclic amines) is 1. The molecule has 2 fully saturated rings. The second-order valence-corrected chi connectivity index (χ2v) is 5.32. The van der Waals surface area contributed by atoms with Gasteiger partial charge in [-0.15, -0.1) is 0 Å². The van der Waals surface area contributed by atoms with Crippen molar-refractivity contribution in [2.75, 3.05) is 26.7 Å². The molecule has 0 aromatic carbocycles. The predicted octanol–water partition coefficient (Wildman–Crippen LogP) is 1.96. The minimum Gasteiger partial charge on any atom is -0.314 e. The second-order valence-electron chi connectivity index (χ2n) is 5.32. The van der Waals surface area contributed by atoms with Crippen molar-refractivity contribution in [3.63, 3.8) is 0 Å². The normalized spacial score (nSPS) is 34.3. The summed E-state index contributed by atoms with van der Waals surface area (Å²) in [6.07, 6.45) is 2.77. The van der Waals surface area contributed by atoms with Gasteiger partial charge in [0.15, 0.2) is 0 Å². The molecule has 2 rings (SSSR count). The zero-order chi connectivity index (χ0) is 10.6. The monoisotopic (exact) mass is 198 g/mol. The Morgan fingerprint density at radius 3 is 1.86 bits per heavy atom. The summed E-state index contributed by atoms with van der Waals surface area (Å²) in [7, 11) is 2.15. The van der Waals surface area contributed by atoms with Crippen LogP contribution in [0.3, 0.4) is 0 Å². The van der Waals surface area contributed by atoms with Gasteiger partial charge in [-0.1, -0.05) is 13.8 Å². The van der Waals surface area contributed by atoms with Crippen molar-refractivity contribution in [2.24, 2.45) is 11.8 Å². The minimum atomic E-state index is 0.770. The van der Waals surface area contributed by atoms with Gasteiger partial charge in [0.05, 0.1) is 0 Å². The number of piperidine rings is 1. The van der Waals surface area contributed by atoms with Gasteiger partial charge < -0.3 is 10.2 Å². The lowest BCUT2D eigenvalue weighted by molar-refractivity contribution is 0.149. The average Bonchev–Trinajstić information content (AvgIpc) is 2.09. The van der Waals surface area contributed by atoms with Crippen molar-refractivity contribution in [3.8, 4) is 0 Å². The van der Waals surface area contributed by atoms with Gasteiger partial charge in [-0.25, -0.2) is 0 Å². The van der Waals surface area contributed by atoms with E-state index in [4.69, 9.17) is 0 Å². The summed E-state index contributed by atoms with van der Waals surface area (Å²) in [4.78, 5) is 2.32. The zero-order valence-corrected chi connectivity index (χ0v) is 10.2. The topological polar surface area (TPSA) is 15.3 Å². The molecule has 0 spiro atoms. The Balaban J connectivity index is 0.000000146. The third-order valence-electron chi connectivity index (χ3n) is 3.15. The average molecular weight is 198 g/mol. The molecule has 2 unspecified atom stereocenters. The Kier molecular flexibility index (Phi) is 4.90. The minimum absolute atomic E-state index is 0.770. The summed E-state index contributed by atoms with van der Waals surface area (Å²) in [6, 6.07) is 0.770. The predicted molar refractivity (Wildman–Crippen MR) is 62.5 cm³/mol. The van der Waals surface area contributed by atoms with E-state index in [1.54, 1.807) is 0 Å². The Hall–Kier alpha value is -0.0800. The SMILES string of the molecule is CC1CCC(C)NC1.CC1CN(C)C1. The smallest absolute Gasteiger partial charge is 0.00389 e. The van der Waals surface area contributed by atoms with Gasteiger partial charge in [-0.2, -0.15) is 0 Å². The van der Waals surface area contributed by atoms with Crippen LogP contribution in [0.1, 0.15) is 33.6 Å². The van der Waals surface area contributed by atoms with Crippen LogP contribution in [-0.2, 0) is 0 Å². The van der Waals surface area contributed by atoms with Crippen molar-refractivity contribution in [3.05, 3.63) is 0 Å². The van der Waals surface area contributed by atoms with Crippen molar-refractivity contribution in [1.29, 1.82) is 0 Å². The first-order valence-corrected chi connectivity index (χ1v) is 6.00. The molecule has 0 bridgehead atoms. The second kappa shape index (κ2) is 5.72. The Morgan fingerprint density at radius 2 is 1.64 bits per heavy atom. The van der Waals surface area contributed by atoms with Crippen LogP contribution in [-0.4, -0.2) is 37.6 Å². The molecule has 0 aliphatic carbocycles. The van der Waals surface area contributed by atoms with Gasteiger partial charge in [-0.3, -0.25) is 0 Å². The maximum absolute atomic E-state index is 3.43. The molecule has 0 amide bonds. The summed E-state index contributed by atoms with van der Waals surface area (Å²) >= 11 is 0. The molecule has 2 saturated heterocycles. The molecule has 2 nitrogen and oxygen atoms in total. The highest BCUT2D eigenvalue weighted by molar-refractivity contribution is 4.71. The highest BCUT2D eigenvalue weighted by atomic mass is 15.2. The van der Waals surface area contributed by atoms with Gasteiger partial charge in [0.25, 0.3) is 0 Å². The lowest BCUT2D eigenvalue weighted by atomic mass is 9.98. The number of nitrogens with zero attached hydrogens (tertiary/aromatic N) is 1. The fourth-order valence-electron chi connectivity index (χ4n) is 2.15. The molecular formula is C12H26N2. The van der Waals surface area contributed by atoms with Crippen LogP contribution in [0.4, 0.5) is 0 Å². The van der Waals surface area contributed by atoms with E-state index in [1.165, 1.54) is 32.5 Å². The standard InChI is InChI=1S/C7H15N.C5H11N/c1-6-3-4-7(2)8-5-6;1-5-3-6(2)4-5/h6-8H,3-5H2,1-2H3;5H,3-4H2,1-2H3. The van der Waals surface area contributed by atoms with Crippen LogP contribution in [0.5, 0.6) is 0 Å². The highest BCUT2D eigenvalue weighted by Crippen LogP contribution is 2.11. The number of hydrogen-bond acceptors (Lipinski definition) is 2. The molecule has 0 saturated carbocycles. The van der Waals surface area contributed by atoms with Crippen LogP contribution in [0.25, 0.3) is 0 Å². The molecule has 2 aliphatic rings. The van der Waals surface area contributed by atoms with E-state index in [2.05, 4.69) is 38.0 Å². The first-order chi connectivity index (χ1) is 6.58. The summed E-state index contributed by atoms with van der Waals surface area (Å²) in [5, 5.41) is 3.43. The summed E-state index contributed by atoms with van der Waals surface area (Å²) in [5.41, 5.74) is 0. The molecule has 0 aromatic heterocycles. The number of rotatable bonds is 0. The van der Waals surface area contributed by atoms with E-state index in [1.807, 2.05) is 0 Å². The maximum atomic E-state index is 3.43. The quantitative estimate of drug-likeness (QED) is 0.640.